The van der Waals surface area contributed by atoms with E-state index in [9.17, 15) is 4.79 Å². The first-order valence-electron chi connectivity index (χ1n) is 4.24. The topological polar surface area (TPSA) is 38.3 Å². The number of carbonyl (C=O) groups excluding carboxylic acids is 1. The van der Waals surface area contributed by atoms with E-state index in [0.29, 0.717) is 12.6 Å². The van der Waals surface area contributed by atoms with E-state index in [1.54, 1.807) is 0 Å². The molecule has 11 heavy (non-hydrogen) atoms. The van der Waals surface area contributed by atoms with Gasteiger partial charge in [-0.05, 0) is 25.7 Å². The summed E-state index contributed by atoms with van der Waals surface area (Å²) < 4.78 is 4.89. The molecule has 1 saturated heterocycles. The fraction of sp³-hybridized carbons (Fsp3) is 0.875. The molecule has 3 atom stereocenters. The number of esters is 1. The molecule has 1 saturated carbocycles. The fourth-order valence-electron chi connectivity index (χ4n) is 1.75. The molecule has 1 aliphatic heterocycles. The molecule has 2 fully saturated rings. The molecular weight excluding hydrogens is 142 g/mol. The zero-order valence-corrected chi connectivity index (χ0v) is 6.67. The Morgan fingerprint density at radius 3 is 3.00 bits per heavy atom. The molecule has 0 unspecified atom stereocenters. The van der Waals surface area contributed by atoms with Crippen LogP contribution in [0.4, 0.5) is 0 Å². The highest BCUT2D eigenvalue weighted by molar-refractivity contribution is 5.76. The molecule has 62 valence electrons. The highest BCUT2D eigenvalue weighted by Crippen LogP contribution is 2.40. The minimum atomic E-state index is -0.0697. The van der Waals surface area contributed by atoms with Gasteiger partial charge in [0.1, 0.15) is 6.04 Å². The van der Waals surface area contributed by atoms with Crippen LogP contribution in [0.5, 0.6) is 0 Å². The maximum atomic E-state index is 11.1. The van der Waals surface area contributed by atoms with Crippen LogP contribution in [0.1, 0.15) is 19.8 Å². The maximum absolute atomic E-state index is 11.1. The number of carbonyl (C=O) groups is 1. The zero-order chi connectivity index (χ0) is 7.84. The molecule has 1 N–H and O–H groups in total. The second-order valence-corrected chi connectivity index (χ2v) is 3.31. The fourth-order valence-corrected chi connectivity index (χ4v) is 1.75. The monoisotopic (exact) mass is 155 g/mol. The summed E-state index contributed by atoms with van der Waals surface area (Å²) in [7, 11) is 0. The van der Waals surface area contributed by atoms with Crippen molar-refractivity contribution in [1.29, 1.82) is 0 Å². The highest BCUT2D eigenvalue weighted by atomic mass is 16.5. The molecule has 3 heteroatoms. The van der Waals surface area contributed by atoms with Gasteiger partial charge in [0.25, 0.3) is 0 Å². The van der Waals surface area contributed by atoms with Gasteiger partial charge in [0.15, 0.2) is 0 Å². The average Bonchev–Trinajstić information content (AvgIpc) is 2.59. The Morgan fingerprint density at radius 2 is 2.45 bits per heavy atom. The van der Waals surface area contributed by atoms with Crippen LogP contribution in [0, 0.1) is 5.92 Å². The molecule has 0 amide bonds. The summed E-state index contributed by atoms with van der Waals surface area (Å²) in [5.41, 5.74) is 0. The van der Waals surface area contributed by atoms with E-state index in [2.05, 4.69) is 5.32 Å². The van der Waals surface area contributed by atoms with E-state index in [1.165, 1.54) is 6.42 Å². The molecule has 0 spiro atoms. The lowest BCUT2D eigenvalue weighted by Gasteiger charge is -2.10. The highest BCUT2D eigenvalue weighted by Gasteiger charge is 2.48. The number of ether oxygens (including phenoxy) is 1. The number of piperidine rings is 1. The number of hydrogen-bond acceptors (Lipinski definition) is 3. The average molecular weight is 155 g/mol. The zero-order valence-electron chi connectivity index (χ0n) is 6.67. The summed E-state index contributed by atoms with van der Waals surface area (Å²) in [5.74, 6) is 0.698. The third-order valence-electron chi connectivity index (χ3n) is 2.45. The Morgan fingerprint density at radius 1 is 1.64 bits per heavy atom. The molecule has 0 bridgehead atoms. The quantitative estimate of drug-likeness (QED) is 0.583. The van der Waals surface area contributed by atoms with Gasteiger partial charge in [0.2, 0.25) is 0 Å². The Labute approximate surface area is 66.1 Å². The van der Waals surface area contributed by atoms with Gasteiger partial charge < -0.3 is 10.1 Å². The van der Waals surface area contributed by atoms with Crippen molar-refractivity contribution in [3.63, 3.8) is 0 Å². The number of nitrogens with one attached hydrogen (secondary N) is 1. The van der Waals surface area contributed by atoms with E-state index in [0.717, 1.165) is 12.3 Å². The number of rotatable bonds is 2. The molecule has 0 radical (unpaired) electrons. The van der Waals surface area contributed by atoms with E-state index in [1.807, 2.05) is 6.92 Å². The van der Waals surface area contributed by atoms with Crippen LogP contribution in [-0.4, -0.2) is 24.7 Å². The van der Waals surface area contributed by atoms with Crippen LogP contribution in [-0.2, 0) is 9.53 Å². The van der Waals surface area contributed by atoms with Crippen LogP contribution in [0.15, 0.2) is 0 Å². The van der Waals surface area contributed by atoms with E-state index in [4.69, 9.17) is 4.74 Å². The molecule has 0 aromatic carbocycles. The van der Waals surface area contributed by atoms with Crippen molar-refractivity contribution in [2.45, 2.75) is 31.8 Å². The molecule has 1 aliphatic carbocycles. The first kappa shape index (κ1) is 7.10. The van der Waals surface area contributed by atoms with Gasteiger partial charge in [0, 0.05) is 6.04 Å². The van der Waals surface area contributed by atoms with Crippen molar-refractivity contribution in [3.05, 3.63) is 0 Å². The van der Waals surface area contributed by atoms with Gasteiger partial charge in [-0.15, -0.1) is 0 Å². The van der Waals surface area contributed by atoms with E-state index in [-0.39, 0.29) is 12.0 Å². The number of fused-ring (bicyclic) bond motifs is 1. The van der Waals surface area contributed by atoms with Crippen LogP contribution < -0.4 is 5.32 Å². The molecule has 2 aliphatic rings. The molecule has 3 nitrogen and oxygen atoms in total. The lowest BCUT2D eigenvalue weighted by molar-refractivity contribution is -0.145. The maximum Gasteiger partial charge on any atom is 0.323 e. The van der Waals surface area contributed by atoms with Crippen LogP contribution in [0.2, 0.25) is 0 Å². The van der Waals surface area contributed by atoms with Crippen molar-refractivity contribution in [2.24, 2.45) is 5.92 Å². The summed E-state index contributed by atoms with van der Waals surface area (Å²) in [4.78, 5) is 11.1. The Hall–Kier alpha value is -0.570. The second kappa shape index (κ2) is 2.48. The van der Waals surface area contributed by atoms with E-state index < -0.39 is 0 Å². The van der Waals surface area contributed by atoms with Crippen molar-refractivity contribution in [3.8, 4) is 0 Å². The summed E-state index contributed by atoms with van der Waals surface area (Å²) in [6.07, 6.45) is 2.25. The smallest absolute Gasteiger partial charge is 0.323 e. The van der Waals surface area contributed by atoms with Crippen molar-refractivity contribution in [2.75, 3.05) is 6.61 Å². The number of hydrogen-bond donors (Lipinski definition) is 1. The van der Waals surface area contributed by atoms with Gasteiger partial charge in [-0.3, -0.25) is 4.79 Å². The predicted octanol–water partition coefficient (Wildman–Crippen LogP) is 0.300. The first-order valence-corrected chi connectivity index (χ1v) is 4.24. The second-order valence-electron chi connectivity index (χ2n) is 3.31. The van der Waals surface area contributed by atoms with Crippen LogP contribution >= 0.6 is 0 Å². The third kappa shape index (κ3) is 1.25. The minimum Gasteiger partial charge on any atom is -0.465 e. The lowest BCUT2D eigenvalue weighted by Crippen LogP contribution is -2.35. The molecule has 2 rings (SSSR count). The Kier molecular flexibility index (Phi) is 1.60. The normalized spacial score (nSPS) is 39.9. The SMILES string of the molecule is CCOC(=O)[C@H]1C[C@H]2C[C@H]2N1. The van der Waals surface area contributed by atoms with Gasteiger partial charge in [0.05, 0.1) is 6.61 Å². The van der Waals surface area contributed by atoms with Gasteiger partial charge >= 0.3 is 5.97 Å². The molecular formula is C8H13NO2. The summed E-state index contributed by atoms with van der Waals surface area (Å²) in [6.45, 7) is 2.33. The minimum absolute atomic E-state index is 0.00120. The van der Waals surface area contributed by atoms with Gasteiger partial charge in [-0.2, -0.15) is 0 Å². The van der Waals surface area contributed by atoms with E-state index >= 15 is 0 Å². The lowest BCUT2D eigenvalue weighted by atomic mass is 10.2. The van der Waals surface area contributed by atoms with Crippen LogP contribution in [0.25, 0.3) is 0 Å². The van der Waals surface area contributed by atoms with Crippen molar-refractivity contribution < 1.29 is 9.53 Å². The first-order chi connectivity index (χ1) is 5.31. The molecule has 0 aromatic heterocycles. The molecule has 1 heterocycles. The van der Waals surface area contributed by atoms with Gasteiger partial charge in [-0.25, -0.2) is 0 Å². The third-order valence-corrected chi connectivity index (χ3v) is 2.45. The standard InChI is InChI=1S/C8H13NO2/c1-2-11-8(10)7-4-5-3-6(5)9-7/h5-7,9H,2-4H2,1H3/t5-,6-,7-/m1/s1. The van der Waals surface area contributed by atoms with Crippen LogP contribution in [0.3, 0.4) is 0 Å². The van der Waals surface area contributed by atoms with Crippen molar-refractivity contribution in [1.82, 2.24) is 5.32 Å². The molecule has 0 aromatic rings. The largest absolute Gasteiger partial charge is 0.465 e. The Balaban J connectivity index is 1.82. The summed E-state index contributed by atoms with van der Waals surface area (Å²) in [5, 5.41) is 3.24. The van der Waals surface area contributed by atoms with Crippen molar-refractivity contribution >= 4 is 5.97 Å². The summed E-state index contributed by atoms with van der Waals surface area (Å²) >= 11 is 0. The summed E-state index contributed by atoms with van der Waals surface area (Å²) in [6, 6.07) is 0.628. The Bertz CT molecular complexity index is 171. The predicted molar refractivity (Wildman–Crippen MR) is 40.1 cm³/mol. The van der Waals surface area contributed by atoms with Gasteiger partial charge in [-0.1, -0.05) is 0 Å².